The van der Waals surface area contributed by atoms with Crippen LogP contribution in [0.5, 0.6) is 0 Å². The van der Waals surface area contributed by atoms with Crippen LogP contribution in [-0.2, 0) is 11.3 Å². The van der Waals surface area contributed by atoms with Gasteiger partial charge in [-0.1, -0.05) is 6.92 Å². The first-order valence-corrected chi connectivity index (χ1v) is 7.24. The van der Waals surface area contributed by atoms with Crippen molar-refractivity contribution >= 4 is 17.3 Å². The summed E-state index contributed by atoms with van der Waals surface area (Å²) in [6.45, 7) is 3.29. The van der Waals surface area contributed by atoms with E-state index in [9.17, 15) is 14.9 Å². The molecular formula is C15H21N3O3. The number of non-ortho nitro benzene ring substituents is 1. The second kappa shape index (κ2) is 6.56. The van der Waals surface area contributed by atoms with Crippen LogP contribution in [0.15, 0.2) is 18.2 Å². The molecule has 0 spiro atoms. The lowest BCUT2D eigenvalue weighted by atomic mass is 10.0. The summed E-state index contributed by atoms with van der Waals surface area (Å²) in [6.07, 6.45) is 2.46. The molecule has 1 aliphatic rings. The summed E-state index contributed by atoms with van der Waals surface area (Å²) in [6, 6.07) is 4.72. The second-order valence-corrected chi connectivity index (χ2v) is 5.60. The number of nitrogens with one attached hydrogen (secondary N) is 1. The molecule has 6 nitrogen and oxygen atoms in total. The summed E-state index contributed by atoms with van der Waals surface area (Å²) in [4.78, 5) is 24.5. The van der Waals surface area contributed by atoms with Gasteiger partial charge in [0.15, 0.2) is 0 Å². The van der Waals surface area contributed by atoms with Gasteiger partial charge in [-0.2, -0.15) is 0 Å². The normalized spacial score (nSPS) is 19.2. The first kappa shape index (κ1) is 15.3. The molecule has 1 N–H and O–H groups in total. The van der Waals surface area contributed by atoms with Gasteiger partial charge in [-0.15, -0.1) is 0 Å². The van der Waals surface area contributed by atoms with Gasteiger partial charge in [-0.3, -0.25) is 14.9 Å². The number of anilines is 1. The number of carbonyl (C=O) groups excluding carboxylic acids is 1. The lowest BCUT2D eigenvalue weighted by Gasteiger charge is -2.22. The number of hydrogen-bond donors (Lipinski definition) is 1. The minimum Gasteiger partial charge on any atom is -0.388 e. The van der Waals surface area contributed by atoms with Crippen molar-refractivity contribution in [1.29, 1.82) is 0 Å². The van der Waals surface area contributed by atoms with Crippen LogP contribution in [-0.4, -0.2) is 29.3 Å². The maximum Gasteiger partial charge on any atom is 0.269 e. The summed E-state index contributed by atoms with van der Waals surface area (Å²) < 4.78 is 0. The minimum atomic E-state index is -0.407. The highest BCUT2D eigenvalue weighted by Gasteiger charge is 2.22. The average Bonchev–Trinajstić information content (AvgIpc) is 2.62. The topological polar surface area (TPSA) is 75.5 Å². The van der Waals surface area contributed by atoms with E-state index in [2.05, 4.69) is 12.2 Å². The Bertz CT molecular complexity index is 545. The molecule has 1 atom stereocenters. The van der Waals surface area contributed by atoms with E-state index in [1.807, 2.05) is 4.90 Å². The number of hydrogen-bond acceptors (Lipinski definition) is 4. The molecule has 21 heavy (non-hydrogen) atoms. The van der Waals surface area contributed by atoms with Crippen molar-refractivity contribution in [3.05, 3.63) is 33.9 Å². The predicted molar refractivity (Wildman–Crippen MR) is 81.1 cm³/mol. The predicted octanol–water partition coefficient (Wildman–Crippen LogP) is 2.79. The molecule has 1 fully saturated rings. The van der Waals surface area contributed by atoms with Crippen LogP contribution >= 0.6 is 0 Å². The number of nitrogens with zero attached hydrogens (tertiary/aromatic N) is 2. The Balaban J connectivity index is 2.22. The highest BCUT2D eigenvalue weighted by atomic mass is 16.6. The number of benzene rings is 1. The number of nitro groups is 1. The third-order valence-electron chi connectivity index (χ3n) is 4.03. The number of rotatable bonds is 4. The first-order chi connectivity index (χ1) is 10.0. The Kier molecular flexibility index (Phi) is 4.77. The summed E-state index contributed by atoms with van der Waals surface area (Å²) in [5.41, 5.74) is 1.67. The molecule has 2 rings (SSSR count). The molecule has 0 bridgehead atoms. The van der Waals surface area contributed by atoms with Gasteiger partial charge in [-0.05, 0) is 24.8 Å². The van der Waals surface area contributed by atoms with Gasteiger partial charge < -0.3 is 10.2 Å². The SMILES string of the molecule is CNc1ccc([N+](=O)[O-])cc1CN1CCC(C)CCC1=O. The molecule has 1 amide bonds. The van der Waals surface area contributed by atoms with E-state index in [1.165, 1.54) is 6.07 Å². The summed E-state index contributed by atoms with van der Waals surface area (Å²) in [7, 11) is 1.77. The molecule has 1 aromatic rings. The maximum absolute atomic E-state index is 12.2. The molecule has 0 radical (unpaired) electrons. The molecule has 1 unspecified atom stereocenters. The highest BCUT2D eigenvalue weighted by Crippen LogP contribution is 2.25. The van der Waals surface area contributed by atoms with Crippen LogP contribution in [0, 0.1) is 16.0 Å². The molecule has 0 aromatic heterocycles. The molecule has 114 valence electrons. The number of carbonyl (C=O) groups is 1. The molecule has 0 saturated carbocycles. The van der Waals surface area contributed by atoms with Gasteiger partial charge >= 0.3 is 0 Å². The summed E-state index contributed by atoms with van der Waals surface area (Å²) in [5, 5.41) is 13.9. The summed E-state index contributed by atoms with van der Waals surface area (Å²) in [5.74, 6) is 0.681. The zero-order valence-electron chi connectivity index (χ0n) is 12.5. The highest BCUT2D eigenvalue weighted by molar-refractivity contribution is 5.76. The molecule has 1 heterocycles. The van der Waals surface area contributed by atoms with E-state index in [1.54, 1.807) is 19.2 Å². The van der Waals surface area contributed by atoms with Gasteiger partial charge in [0.05, 0.1) is 4.92 Å². The van der Waals surface area contributed by atoms with E-state index in [0.717, 1.165) is 24.1 Å². The van der Waals surface area contributed by atoms with E-state index < -0.39 is 4.92 Å². The van der Waals surface area contributed by atoms with Gasteiger partial charge in [0, 0.05) is 49.9 Å². The van der Waals surface area contributed by atoms with Crippen molar-refractivity contribution in [1.82, 2.24) is 4.90 Å². The van der Waals surface area contributed by atoms with Crippen LogP contribution in [0.1, 0.15) is 31.7 Å². The number of likely N-dealkylation sites (tertiary alicyclic amines) is 1. The Hall–Kier alpha value is -2.11. The number of nitro benzene ring substituents is 1. The van der Waals surface area contributed by atoms with Crippen LogP contribution < -0.4 is 5.32 Å². The maximum atomic E-state index is 12.2. The molecule has 1 aromatic carbocycles. The Morgan fingerprint density at radius 1 is 1.43 bits per heavy atom. The van der Waals surface area contributed by atoms with E-state index in [0.29, 0.717) is 25.4 Å². The molecular weight excluding hydrogens is 270 g/mol. The third-order valence-corrected chi connectivity index (χ3v) is 4.03. The van der Waals surface area contributed by atoms with Crippen LogP contribution in [0.25, 0.3) is 0 Å². The van der Waals surface area contributed by atoms with Crippen molar-refractivity contribution < 1.29 is 9.72 Å². The van der Waals surface area contributed by atoms with Crippen molar-refractivity contribution in [3.63, 3.8) is 0 Å². The van der Waals surface area contributed by atoms with E-state index in [4.69, 9.17) is 0 Å². The second-order valence-electron chi connectivity index (χ2n) is 5.60. The number of amides is 1. The van der Waals surface area contributed by atoms with Gasteiger partial charge in [0.1, 0.15) is 0 Å². The van der Waals surface area contributed by atoms with Gasteiger partial charge in [0.2, 0.25) is 5.91 Å². The first-order valence-electron chi connectivity index (χ1n) is 7.24. The largest absolute Gasteiger partial charge is 0.388 e. The van der Waals surface area contributed by atoms with Crippen molar-refractivity contribution in [2.75, 3.05) is 18.9 Å². The fraction of sp³-hybridized carbons (Fsp3) is 0.533. The van der Waals surface area contributed by atoms with Gasteiger partial charge in [0.25, 0.3) is 5.69 Å². The van der Waals surface area contributed by atoms with E-state index in [-0.39, 0.29) is 11.6 Å². The Labute approximate surface area is 124 Å². The average molecular weight is 291 g/mol. The fourth-order valence-corrected chi connectivity index (χ4v) is 2.61. The Morgan fingerprint density at radius 2 is 2.19 bits per heavy atom. The smallest absolute Gasteiger partial charge is 0.269 e. The molecule has 1 saturated heterocycles. The lowest BCUT2D eigenvalue weighted by molar-refractivity contribution is -0.384. The third kappa shape index (κ3) is 3.71. The fourth-order valence-electron chi connectivity index (χ4n) is 2.61. The van der Waals surface area contributed by atoms with Crippen molar-refractivity contribution in [3.8, 4) is 0 Å². The van der Waals surface area contributed by atoms with E-state index >= 15 is 0 Å². The van der Waals surface area contributed by atoms with Crippen molar-refractivity contribution in [2.24, 2.45) is 5.92 Å². The quantitative estimate of drug-likeness (QED) is 0.683. The van der Waals surface area contributed by atoms with Crippen LogP contribution in [0.2, 0.25) is 0 Å². The zero-order valence-corrected chi connectivity index (χ0v) is 12.5. The molecule has 6 heteroatoms. The Morgan fingerprint density at radius 3 is 2.86 bits per heavy atom. The summed E-state index contributed by atoms with van der Waals surface area (Å²) >= 11 is 0. The molecule has 0 aliphatic carbocycles. The lowest BCUT2D eigenvalue weighted by Crippen LogP contribution is -2.30. The van der Waals surface area contributed by atoms with Crippen LogP contribution in [0.3, 0.4) is 0 Å². The molecule has 1 aliphatic heterocycles. The standard InChI is InChI=1S/C15H21N3O3/c1-11-3-6-15(19)17(8-7-11)10-12-9-13(18(20)21)4-5-14(12)16-2/h4-5,9,11,16H,3,6-8,10H2,1-2H3. The minimum absolute atomic E-state index is 0.0552. The zero-order chi connectivity index (χ0) is 15.4. The van der Waals surface area contributed by atoms with Gasteiger partial charge in [-0.25, -0.2) is 0 Å². The van der Waals surface area contributed by atoms with Crippen molar-refractivity contribution in [2.45, 2.75) is 32.7 Å². The monoisotopic (exact) mass is 291 g/mol. The van der Waals surface area contributed by atoms with Crippen LogP contribution in [0.4, 0.5) is 11.4 Å².